The zero-order valence-electron chi connectivity index (χ0n) is 11.8. The molecule has 0 spiro atoms. The van der Waals surface area contributed by atoms with E-state index in [1.807, 2.05) is 12.1 Å². The Hall–Kier alpha value is -1.24. The molecular weight excluding hydrogens is 343 g/mol. The lowest BCUT2D eigenvalue weighted by molar-refractivity contribution is 0.443. The smallest absolute Gasteiger partial charge is 0.218 e. The Bertz CT molecular complexity index is 704. The lowest BCUT2D eigenvalue weighted by Crippen LogP contribution is -2.27. The molecular formula is C14H14Cl2N4OS. The molecule has 8 heteroatoms. The van der Waals surface area contributed by atoms with Crippen molar-refractivity contribution in [3.8, 4) is 0 Å². The largest absolute Gasteiger partial charge is 0.426 e. The second-order valence-electron chi connectivity index (χ2n) is 4.79. The van der Waals surface area contributed by atoms with Gasteiger partial charge in [0.1, 0.15) is 0 Å². The molecule has 0 saturated carbocycles. The number of hydrogen-bond acceptors (Lipinski definition) is 6. The number of nitrogens with zero attached hydrogens (tertiary/aromatic N) is 3. The monoisotopic (exact) mass is 356 g/mol. The fraction of sp³-hybridized carbons (Fsp3) is 0.357. The van der Waals surface area contributed by atoms with Gasteiger partial charge in [-0.3, -0.25) is 4.99 Å². The van der Waals surface area contributed by atoms with Crippen molar-refractivity contribution in [1.82, 2.24) is 15.5 Å². The minimum Gasteiger partial charge on any atom is -0.426 e. The number of aliphatic imine (C=N–C) groups is 1. The number of hydrogen-bond donors (Lipinski definition) is 1. The first kappa shape index (κ1) is 15.6. The summed E-state index contributed by atoms with van der Waals surface area (Å²) >= 11 is 14.2. The Kier molecular flexibility index (Phi) is 4.90. The highest BCUT2D eigenvalue weighted by Gasteiger charge is 2.22. The van der Waals surface area contributed by atoms with E-state index < -0.39 is 0 Å². The predicted octanol–water partition coefficient (Wildman–Crippen LogP) is 3.66. The van der Waals surface area contributed by atoms with Crippen molar-refractivity contribution in [2.45, 2.75) is 19.4 Å². The van der Waals surface area contributed by atoms with E-state index in [-0.39, 0.29) is 6.04 Å². The molecule has 2 heterocycles. The number of halogens is 2. The van der Waals surface area contributed by atoms with Gasteiger partial charge in [0, 0.05) is 12.7 Å². The normalized spacial score (nSPS) is 15.7. The quantitative estimate of drug-likeness (QED) is 0.905. The minimum absolute atomic E-state index is 0.129. The maximum absolute atomic E-state index is 6.36. The van der Waals surface area contributed by atoms with E-state index >= 15 is 0 Å². The van der Waals surface area contributed by atoms with Crippen LogP contribution in [0.25, 0.3) is 0 Å². The van der Waals surface area contributed by atoms with Crippen LogP contribution < -0.4 is 5.32 Å². The average molecular weight is 357 g/mol. The summed E-state index contributed by atoms with van der Waals surface area (Å²) in [6, 6.07) is 5.45. The van der Waals surface area contributed by atoms with Gasteiger partial charge < -0.3 is 9.73 Å². The lowest BCUT2D eigenvalue weighted by atomic mass is 10.0. The van der Waals surface area contributed by atoms with Crippen molar-refractivity contribution in [3.63, 3.8) is 0 Å². The van der Waals surface area contributed by atoms with Gasteiger partial charge in [-0.25, -0.2) is 0 Å². The van der Waals surface area contributed by atoms with Gasteiger partial charge in [0.25, 0.3) is 0 Å². The maximum atomic E-state index is 6.36. The molecule has 1 aromatic carbocycles. The molecule has 0 radical (unpaired) electrons. The fourth-order valence-electron chi connectivity index (χ4n) is 2.19. The van der Waals surface area contributed by atoms with Gasteiger partial charge in [-0.15, -0.1) is 10.2 Å². The zero-order chi connectivity index (χ0) is 15.5. The Morgan fingerprint density at radius 1 is 1.36 bits per heavy atom. The molecule has 116 valence electrons. The van der Waals surface area contributed by atoms with Crippen molar-refractivity contribution in [2.24, 2.45) is 4.99 Å². The molecule has 0 amide bonds. The summed E-state index contributed by atoms with van der Waals surface area (Å²) in [5.74, 6) is 2.08. The fourth-order valence-corrected chi connectivity index (χ4v) is 3.42. The van der Waals surface area contributed by atoms with Crippen molar-refractivity contribution in [1.29, 1.82) is 0 Å². The summed E-state index contributed by atoms with van der Waals surface area (Å²) in [5, 5.41) is 13.3. The highest BCUT2D eigenvalue weighted by Crippen LogP contribution is 2.32. The van der Waals surface area contributed by atoms with Crippen molar-refractivity contribution in [3.05, 3.63) is 45.6 Å². The topological polar surface area (TPSA) is 63.3 Å². The first-order chi connectivity index (χ1) is 10.6. The van der Waals surface area contributed by atoms with Gasteiger partial charge in [0.2, 0.25) is 11.8 Å². The molecule has 1 unspecified atom stereocenters. The van der Waals surface area contributed by atoms with Crippen molar-refractivity contribution >= 4 is 40.1 Å². The summed E-state index contributed by atoms with van der Waals surface area (Å²) < 4.78 is 5.49. The van der Waals surface area contributed by atoms with Gasteiger partial charge in [-0.05, 0) is 11.6 Å². The summed E-state index contributed by atoms with van der Waals surface area (Å²) in [4.78, 5) is 4.43. The molecule has 3 rings (SSSR count). The Morgan fingerprint density at radius 3 is 2.91 bits per heavy atom. The summed E-state index contributed by atoms with van der Waals surface area (Å²) in [7, 11) is 0. The molecule has 5 nitrogen and oxygen atoms in total. The van der Waals surface area contributed by atoms with Crippen LogP contribution in [0.2, 0.25) is 10.0 Å². The number of aromatic nitrogens is 2. The van der Waals surface area contributed by atoms with Crippen LogP contribution in [-0.4, -0.2) is 27.7 Å². The second-order valence-corrected chi connectivity index (χ2v) is 6.66. The standard InChI is InChI=1S/C14H14Cl2N4OS/c1-8-19-20-12(21-8)7-11(18-14-17-5-6-22-14)9-3-2-4-10(15)13(9)16/h2-4,11H,5-7H2,1H3,(H,17,18). The molecule has 1 aromatic heterocycles. The van der Waals surface area contributed by atoms with Crippen LogP contribution in [0.3, 0.4) is 0 Å². The molecule has 1 atom stereocenters. The van der Waals surface area contributed by atoms with Gasteiger partial charge in [-0.1, -0.05) is 47.1 Å². The van der Waals surface area contributed by atoms with Crippen molar-refractivity contribution in [2.75, 3.05) is 12.3 Å². The van der Waals surface area contributed by atoms with Crippen LogP contribution >= 0.6 is 35.0 Å². The first-order valence-electron chi connectivity index (χ1n) is 6.80. The van der Waals surface area contributed by atoms with E-state index in [1.165, 1.54) is 0 Å². The predicted molar refractivity (Wildman–Crippen MR) is 89.8 cm³/mol. The Labute approximate surface area is 142 Å². The molecule has 1 aliphatic rings. The maximum Gasteiger partial charge on any atom is 0.218 e. The summed E-state index contributed by atoms with van der Waals surface area (Å²) in [6.07, 6.45) is 0.514. The molecule has 1 N–H and O–H groups in total. The Balaban J connectivity index is 1.89. The third-order valence-electron chi connectivity index (χ3n) is 3.19. The molecule has 0 fully saturated rings. The van der Waals surface area contributed by atoms with E-state index in [4.69, 9.17) is 27.6 Å². The van der Waals surface area contributed by atoms with Gasteiger partial charge in [-0.2, -0.15) is 0 Å². The Morgan fingerprint density at radius 2 is 2.23 bits per heavy atom. The molecule has 1 aliphatic heterocycles. The van der Waals surface area contributed by atoms with E-state index in [9.17, 15) is 0 Å². The SMILES string of the molecule is Cc1nnc(CC(NC2=NCCS2)c2cccc(Cl)c2Cl)o1. The first-order valence-corrected chi connectivity index (χ1v) is 8.54. The highest BCUT2D eigenvalue weighted by atomic mass is 35.5. The third kappa shape index (κ3) is 3.56. The summed E-state index contributed by atoms with van der Waals surface area (Å²) in [6.45, 7) is 2.59. The number of thioether (sulfide) groups is 1. The van der Waals surface area contributed by atoms with Crippen LogP contribution in [-0.2, 0) is 6.42 Å². The van der Waals surface area contributed by atoms with Crippen molar-refractivity contribution < 1.29 is 4.42 Å². The van der Waals surface area contributed by atoms with E-state index in [0.717, 1.165) is 23.0 Å². The van der Waals surface area contributed by atoms with E-state index in [1.54, 1.807) is 24.8 Å². The summed E-state index contributed by atoms with van der Waals surface area (Å²) in [5.41, 5.74) is 0.889. The van der Waals surface area contributed by atoms with Crippen LogP contribution in [0, 0.1) is 6.92 Å². The van der Waals surface area contributed by atoms with Crippen LogP contribution in [0.4, 0.5) is 0 Å². The van der Waals surface area contributed by atoms with Crippen LogP contribution in [0.1, 0.15) is 23.4 Å². The molecule has 2 aromatic rings. The van der Waals surface area contributed by atoms with Gasteiger partial charge in [0.15, 0.2) is 5.17 Å². The van der Waals surface area contributed by atoms with Crippen LogP contribution in [0.15, 0.2) is 27.6 Å². The molecule has 0 aliphatic carbocycles. The molecule has 0 saturated heterocycles. The number of aryl methyl sites for hydroxylation is 1. The van der Waals surface area contributed by atoms with E-state index in [2.05, 4.69) is 20.5 Å². The average Bonchev–Trinajstić information content (AvgIpc) is 3.13. The minimum atomic E-state index is -0.129. The van der Waals surface area contributed by atoms with E-state index in [0.29, 0.717) is 28.2 Å². The molecule has 0 bridgehead atoms. The lowest BCUT2D eigenvalue weighted by Gasteiger charge is -2.20. The highest BCUT2D eigenvalue weighted by molar-refractivity contribution is 8.14. The number of benzene rings is 1. The zero-order valence-corrected chi connectivity index (χ0v) is 14.2. The number of rotatable bonds is 4. The molecule has 22 heavy (non-hydrogen) atoms. The van der Waals surface area contributed by atoms with Crippen LogP contribution in [0.5, 0.6) is 0 Å². The number of nitrogens with one attached hydrogen (secondary N) is 1. The van der Waals surface area contributed by atoms with Gasteiger partial charge >= 0.3 is 0 Å². The van der Waals surface area contributed by atoms with Gasteiger partial charge in [0.05, 0.1) is 29.1 Å². The third-order valence-corrected chi connectivity index (χ3v) is 4.93. The number of amidine groups is 1. The second kappa shape index (κ2) is 6.89.